The Morgan fingerprint density at radius 3 is 2.52 bits per heavy atom. The second kappa shape index (κ2) is 6.24. The lowest BCUT2D eigenvalue weighted by molar-refractivity contribution is -0.384. The summed E-state index contributed by atoms with van der Waals surface area (Å²) in [6.07, 6.45) is 7.76. The number of esters is 1. The Labute approximate surface area is 144 Å². The van der Waals surface area contributed by atoms with E-state index in [9.17, 15) is 14.9 Å². The molecular formula is C18H19NO6. The first-order valence-corrected chi connectivity index (χ1v) is 8.56. The largest absolute Gasteiger partial charge is 0.452 e. The number of benzene rings is 1. The maximum Gasteiger partial charge on any atom is 0.338 e. The van der Waals surface area contributed by atoms with E-state index in [4.69, 9.17) is 14.2 Å². The van der Waals surface area contributed by atoms with Crippen molar-refractivity contribution in [2.45, 2.75) is 56.2 Å². The highest BCUT2D eigenvalue weighted by atomic mass is 16.8. The second-order valence-corrected chi connectivity index (χ2v) is 6.70. The fourth-order valence-corrected chi connectivity index (χ4v) is 3.73. The normalized spacial score (nSPS) is 29.5. The molecule has 0 N–H and O–H groups in total. The lowest BCUT2D eigenvalue weighted by Gasteiger charge is -2.32. The van der Waals surface area contributed by atoms with E-state index in [1.165, 1.54) is 30.7 Å². The maximum absolute atomic E-state index is 12.3. The maximum atomic E-state index is 12.3. The molecule has 0 bridgehead atoms. The Bertz CT molecular complexity index is 707. The van der Waals surface area contributed by atoms with Gasteiger partial charge in [0.2, 0.25) is 0 Å². The molecule has 2 aliphatic carbocycles. The molecule has 1 saturated carbocycles. The predicted octanol–water partition coefficient (Wildman–Crippen LogP) is 3.13. The predicted molar refractivity (Wildman–Crippen MR) is 87.0 cm³/mol. The van der Waals surface area contributed by atoms with Gasteiger partial charge >= 0.3 is 5.97 Å². The molecule has 1 aliphatic heterocycles. The van der Waals surface area contributed by atoms with Gasteiger partial charge in [-0.25, -0.2) is 4.79 Å². The van der Waals surface area contributed by atoms with E-state index in [1.54, 1.807) is 6.08 Å². The van der Waals surface area contributed by atoms with Crippen molar-refractivity contribution in [2.75, 3.05) is 0 Å². The zero-order valence-corrected chi connectivity index (χ0v) is 13.6. The zero-order chi connectivity index (χ0) is 17.4. The number of nitro groups is 1. The summed E-state index contributed by atoms with van der Waals surface area (Å²) in [7, 11) is 0. The van der Waals surface area contributed by atoms with E-state index in [-0.39, 0.29) is 23.5 Å². The molecule has 25 heavy (non-hydrogen) atoms. The smallest absolute Gasteiger partial charge is 0.338 e. The molecule has 7 heteroatoms. The summed E-state index contributed by atoms with van der Waals surface area (Å²) in [6.45, 7) is 0. The summed E-state index contributed by atoms with van der Waals surface area (Å²) >= 11 is 0. The van der Waals surface area contributed by atoms with Crippen molar-refractivity contribution in [2.24, 2.45) is 0 Å². The fraction of sp³-hybridized carbons (Fsp3) is 0.500. The quantitative estimate of drug-likeness (QED) is 0.362. The minimum Gasteiger partial charge on any atom is -0.452 e. The minimum absolute atomic E-state index is 0.0656. The van der Waals surface area contributed by atoms with Gasteiger partial charge in [0.15, 0.2) is 5.79 Å². The molecule has 1 aromatic carbocycles. The molecule has 3 atom stereocenters. The van der Waals surface area contributed by atoms with Gasteiger partial charge in [-0.2, -0.15) is 0 Å². The van der Waals surface area contributed by atoms with Gasteiger partial charge < -0.3 is 14.2 Å². The van der Waals surface area contributed by atoms with E-state index < -0.39 is 22.8 Å². The molecule has 132 valence electrons. The van der Waals surface area contributed by atoms with Crippen LogP contribution in [0.1, 0.15) is 42.5 Å². The van der Waals surface area contributed by atoms with Crippen molar-refractivity contribution in [3.8, 4) is 0 Å². The molecule has 1 saturated heterocycles. The van der Waals surface area contributed by atoms with Crippen LogP contribution in [0.2, 0.25) is 0 Å². The highest BCUT2D eigenvalue weighted by molar-refractivity contribution is 5.89. The summed E-state index contributed by atoms with van der Waals surface area (Å²) < 4.78 is 17.8. The Balaban J connectivity index is 1.42. The number of nitro benzene ring substituents is 1. The Hall–Kier alpha value is -2.25. The molecule has 4 rings (SSSR count). The van der Waals surface area contributed by atoms with Crippen molar-refractivity contribution in [1.29, 1.82) is 0 Å². The van der Waals surface area contributed by atoms with Gasteiger partial charge in [0.1, 0.15) is 18.3 Å². The SMILES string of the molecule is O=C(O[C@H]1C=C[C@@H]2OC3(CCCCC3)O[C@H]12)c1ccc([N+](=O)[O-])cc1. The number of fused-ring (bicyclic) bond motifs is 1. The lowest BCUT2D eigenvalue weighted by Crippen LogP contribution is -2.36. The number of carbonyl (C=O) groups excluding carboxylic acids is 1. The molecule has 1 spiro atoms. The lowest BCUT2D eigenvalue weighted by atomic mass is 9.94. The third-order valence-corrected chi connectivity index (χ3v) is 5.01. The molecule has 0 amide bonds. The molecule has 3 aliphatic rings. The minimum atomic E-state index is -0.531. The van der Waals surface area contributed by atoms with E-state index >= 15 is 0 Å². The number of hydrogen-bond acceptors (Lipinski definition) is 6. The van der Waals surface area contributed by atoms with Gasteiger partial charge in [0.25, 0.3) is 5.69 Å². The summed E-state index contributed by atoms with van der Waals surface area (Å²) in [4.78, 5) is 22.5. The number of non-ortho nitro benzene ring substituents is 1. The van der Waals surface area contributed by atoms with Crippen molar-refractivity contribution in [3.63, 3.8) is 0 Å². The number of nitrogens with zero attached hydrogens (tertiary/aromatic N) is 1. The first kappa shape index (κ1) is 16.2. The Morgan fingerprint density at radius 2 is 1.84 bits per heavy atom. The van der Waals surface area contributed by atoms with Crippen LogP contribution in [0.25, 0.3) is 0 Å². The molecule has 0 radical (unpaired) electrons. The average Bonchev–Trinajstić information content (AvgIpc) is 3.14. The number of ether oxygens (including phenoxy) is 3. The zero-order valence-electron chi connectivity index (χ0n) is 13.6. The molecule has 1 aromatic rings. The molecule has 0 unspecified atom stereocenters. The van der Waals surface area contributed by atoms with Crippen LogP contribution in [0.4, 0.5) is 5.69 Å². The topological polar surface area (TPSA) is 87.9 Å². The van der Waals surface area contributed by atoms with Crippen LogP contribution in [0.5, 0.6) is 0 Å². The van der Waals surface area contributed by atoms with Crippen LogP contribution in [0.3, 0.4) is 0 Å². The van der Waals surface area contributed by atoms with Crippen LogP contribution in [-0.2, 0) is 14.2 Å². The summed E-state index contributed by atoms with van der Waals surface area (Å²) in [6, 6.07) is 5.36. The van der Waals surface area contributed by atoms with Crippen LogP contribution in [-0.4, -0.2) is 35.0 Å². The molecular weight excluding hydrogens is 326 g/mol. The molecule has 2 fully saturated rings. The van der Waals surface area contributed by atoms with Crippen molar-refractivity contribution < 1.29 is 23.9 Å². The van der Waals surface area contributed by atoms with Crippen molar-refractivity contribution >= 4 is 11.7 Å². The van der Waals surface area contributed by atoms with Crippen LogP contribution >= 0.6 is 0 Å². The highest BCUT2D eigenvalue weighted by Crippen LogP contribution is 2.44. The summed E-state index contributed by atoms with van der Waals surface area (Å²) in [5.74, 6) is -1.06. The standard InChI is InChI=1S/C18H19NO6/c20-17(12-4-6-13(7-5-12)19(21)22)23-14-8-9-15-16(14)25-18(24-15)10-2-1-3-11-18/h4-9,14-16H,1-3,10-11H2/t14-,15-,16+/m0/s1. The summed E-state index contributed by atoms with van der Waals surface area (Å²) in [5.41, 5.74) is 0.206. The number of hydrogen-bond donors (Lipinski definition) is 0. The summed E-state index contributed by atoms with van der Waals surface area (Å²) in [5, 5.41) is 10.7. The van der Waals surface area contributed by atoms with Gasteiger partial charge in [-0.1, -0.05) is 12.5 Å². The van der Waals surface area contributed by atoms with E-state index in [1.807, 2.05) is 6.08 Å². The number of rotatable bonds is 3. The number of carbonyl (C=O) groups is 1. The van der Waals surface area contributed by atoms with Crippen LogP contribution < -0.4 is 0 Å². The van der Waals surface area contributed by atoms with Crippen LogP contribution in [0, 0.1) is 10.1 Å². The van der Waals surface area contributed by atoms with E-state index in [0.29, 0.717) is 0 Å². The molecule has 1 heterocycles. The van der Waals surface area contributed by atoms with Gasteiger partial charge in [-0.15, -0.1) is 0 Å². The monoisotopic (exact) mass is 345 g/mol. The van der Waals surface area contributed by atoms with Crippen molar-refractivity contribution in [3.05, 3.63) is 52.1 Å². The van der Waals surface area contributed by atoms with Gasteiger partial charge in [0.05, 0.1) is 10.5 Å². The van der Waals surface area contributed by atoms with Crippen molar-refractivity contribution in [1.82, 2.24) is 0 Å². The Kier molecular flexibility index (Phi) is 4.05. The van der Waals surface area contributed by atoms with Gasteiger partial charge in [0, 0.05) is 25.0 Å². The fourth-order valence-electron chi connectivity index (χ4n) is 3.73. The first-order valence-electron chi connectivity index (χ1n) is 8.56. The van der Waals surface area contributed by atoms with Gasteiger partial charge in [-0.3, -0.25) is 10.1 Å². The molecule has 7 nitrogen and oxygen atoms in total. The van der Waals surface area contributed by atoms with Gasteiger partial charge in [-0.05, 0) is 31.1 Å². The average molecular weight is 345 g/mol. The Morgan fingerprint density at radius 1 is 1.12 bits per heavy atom. The van der Waals surface area contributed by atoms with E-state index in [0.717, 1.165) is 25.7 Å². The molecule has 0 aromatic heterocycles. The van der Waals surface area contributed by atoms with E-state index in [2.05, 4.69) is 0 Å². The first-order chi connectivity index (χ1) is 12.1. The second-order valence-electron chi connectivity index (χ2n) is 6.70. The third-order valence-electron chi connectivity index (χ3n) is 5.01. The van der Waals surface area contributed by atoms with Crippen LogP contribution in [0.15, 0.2) is 36.4 Å². The highest BCUT2D eigenvalue weighted by Gasteiger charge is 2.52. The third kappa shape index (κ3) is 3.05.